The van der Waals surface area contributed by atoms with E-state index in [-0.39, 0.29) is 5.97 Å². The van der Waals surface area contributed by atoms with Gasteiger partial charge in [-0.25, -0.2) is 0 Å². The Morgan fingerprint density at radius 1 is 1.06 bits per heavy atom. The summed E-state index contributed by atoms with van der Waals surface area (Å²) in [7, 11) is 0. The molecule has 0 radical (unpaired) electrons. The van der Waals surface area contributed by atoms with Gasteiger partial charge in [-0.3, -0.25) is 4.79 Å². The van der Waals surface area contributed by atoms with Crippen molar-refractivity contribution >= 4 is 28.9 Å². The van der Waals surface area contributed by atoms with Crippen molar-refractivity contribution in [3.8, 4) is 17.2 Å². The van der Waals surface area contributed by atoms with E-state index in [0.29, 0.717) is 23.1 Å². The number of hydrogen-bond acceptors (Lipinski definition) is 5. The van der Waals surface area contributed by atoms with E-state index in [1.165, 1.54) is 6.92 Å². The number of hydrogen-bond donors (Lipinski definition) is 1. The van der Waals surface area contributed by atoms with Crippen LogP contribution in [0.1, 0.15) is 42.5 Å². The minimum atomic E-state index is -0.510. The molecule has 1 aliphatic rings. The molecule has 34 heavy (non-hydrogen) atoms. The third-order valence-corrected chi connectivity index (χ3v) is 6.63. The highest BCUT2D eigenvalue weighted by atomic mass is 35.5. The van der Waals surface area contributed by atoms with E-state index >= 15 is 0 Å². The smallest absolute Gasteiger partial charge is 0.308 e. The largest absolute Gasteiger partial charge is 0.488 e. The molecule has 1 atom stereocenters. The molecule has 5 nitrogen and oxygen atoms in total. The molecule has 0 fully saturated rings. The molecule has 1 unspecified atom stereocenters. The summed E-state index contributed by atoms with van der Waals surface area (Å²) >= 11 is 6.52. The average Bonchev–Trinajstić information content (AvgIpc) is 2.80. The van der Waals surface area contributed by atoms with Crippen LogP contribution in [-0.4, -0.2) is 18.2 Å². The minimum Gasteiger partial charge on any atom is -0.488 e. The molecule has 1 aliphatic heterocycles. The monoisotopic (exact) mass is 479 g/mol. The molecule has 6 heteroatoms. The highest BCUT2D eigenvalue weighted by Crippen LogP contribution is 2.44. The fraction of sp³-hybridized carbons (Fsp3) is 0.321. The zero-order valence-corrected chi connectivity index (χ0v) is 21.0. The second kappa shape index (κ2) is 9.59. The SMILES string of the molecule is CC(=O)Oc1c(C)c(C)c2c(c1C)CCC(C)(COc1ccc(Nc3ccccc3)cc1Cl)O2. The molecule has 1 heterocycles. The van der Waals surface area contributed by atoms with Crippen LogP contribution in [0.3, 0.4) is 0 Å². The zero-order valence-electron chi connectivity index (χ0n) is 20.3. The van der Waals surface area contributed by atoms with E-state index in [4.69, 9.17) is 25.8 Å². The number of anilines is 2. The third-order valence-electron chi connectivity index (χ3n) is 6.34. The van der Waals surface area contributed by atoms with Crippen molar-refractivity contribution in [1.29, 1.82) is 0 Å². The number of rotatable bonds is 6. The predicted molar refractivity (Wildman–Crippen MR) is 136 cm³/mol. The second-order valence-corrected chi connectivity index (χ2v) is 9.49. The van der Waals surface area contributed by atoms with Gasteiger partial charge in [-0.1, -0.05) is 29.8 Å². The lowest BCUT2D eigenvalue weighted by Gasteiger charge is -2.37. The Bertz CT molecular complexity index is 1230. The normalized spacial score (nSPS) is 16.9. The fourth-order valence-electron chi connectivity index (χ4n) is 4.29. The van der Waals surface area contributed by atoms with Gasteiger partial charge in [0.2, 0.25) is 0 Å². The average molecular weight is 480 g/mol. The van der Waals surface area contributed by atoms with Crippen LogP contribution in [0.5, 0.6) is 17.2 Å². The lowest BCUT2D eigenvalue weighted by molar-refractivity contribution is -0.132. The Morgan fingerprint density at radius 3 is 2.47 bits per heavy atom. The first-order chi connectivity index (χ1) is 16.2. The van der Waals surface area contributed by atoms with Crippen LogP contribution < -0.4 is 19.5 Å². The van der Waals surface area contributed by atoms with Gasteiger partial charge < -0.3 is 19.5 Å². The summed E-state index contributed by atoms with van der Waals surface area (Å²) < 4.78 is 18.1. The maximum Gasteiger partial charge on any atom is 0.308 e. The maximum atomic E-state index is 11.6. The summed E-state index contributed by atoms with van der Waals surface area (Å²) in [6, 6.07) is 15.6. The zero-order chi connectivity index (χ0) is 24.5. The number of carbonyl (C=O) groups is 1. The molecule has 0 aromatic heterocycles. The van der Waals surface area contributed by atoms with Crippen molar-refractivity contribution in [1.82, 2.24) is 0 Å². The molecule has 0 bridgehead atoms. The molecule has 3 aromatic rings. The summed E-state index contributed by atoms with van der Waals surface area (Å²) in [6.45, 7) is 9.78. The lowest BCUT2D eigenvalue weighted by Crippen LogP contribution is -2.42. The lowest BCUT2D eigenvalue weighted by atomic mass is 9.87. The Morgan fingerprint density at radius 2 is 1.79 bits per heavy atom. The molecule has 178 valence electrons. The number of halogens is 1. The Kier molecular flexibility index (Phi) is 6.76. The van der Waals surface area contributed by atoms with Gasteiger partial charge >= 0.3 is 5.97 Å². The van der Waals surface area contributed by atoms with Crippen LogP contribution in [0.2, 0.25) is 5.02 Å². The van der Waals surface area contributed by atoms with E-state index in [0.717, 1.165) is 52.2 Å². The summed E-state index contributed by atoms with van der Waals surface area (Å²) in [4.78, 5) is 11.6. The van der Waals surface area contributed by atoms with Gasteiger partial charge in [0.15, 0.2) is 0 Å². The summed E-state index contributed by atoms with van der Waals surface area (Å²) in [5, 5.41) is 3.87. The molecule has 0 amide bonds. The van der Waals surface area contributed by atoms with Gasteiger partial charge in [-0.2, -0.15) is 0 Å². The van der Waals surface area contributed by atoms with Crippen molar-refractivity contribution in [3.05, 3.63) is 75.8 Å². The molecular weight excluding hydrogens is 450 g/mol. The topological polar surface area (TPSA) is 56.8 Å². The first kappa shape index (κ1) is 24.0. The van der Waals surface area contributed by atoms with Crippen LogP contribution in [0, 0.1) is 20.8 Å². The van der Waals surface area contributed by atoms with E-state index in [2.05, 4.69) is 12.2 Å². The van der Waals surface area contributed by atoms with Crippen molar-refractivity contribution in [2.24, 2.45) is 0 Å². The van der Waals surface area contributed by atoms with Crippen molar-refractivity contribution < 1.29 is 19.0 Å². The molecule has 0 spiro atoms. The van der Waals surface area contributed by atoms with Gasteiger partial charge in [0.1, 0.15) is 29.5 Å². The summed E-state index contributed by atoms with van der Waals surface area (Å²) in [5.41, 5.74) is 5.32. The molecule has 3 aromatic carbocycles. The molecule has 4 rings (SSSR count). The van der Waals surface area contributed by atoms with Gasteiger partial charge in [0.05, 0.1) is 5.02 Å². The standard InChI is InChI=1S/C28H30ClNO4/c1-17-18(2)27-23(19(3)26(17)33-20(4)31)13-14-28(5,34-27)16-32-25-12-11-22(15-24(25)29)30-21-9-7-6-8-10-21/h6-12,15,30H,13-14,16H2,1-5H3. The number of nitrogens with one attached hydrogen (secondary N) is 1. The van der Waals surface area contributed by atoms with E-state index in [9.17, 15) is 4.79 Å². The Hall–Kier alpha value is -3.18. The summed E-state index contributed by atoms with van der Waals surface area (Å²) in [6.07, 6.45) is 1.58. The second-order valence-electron chi connectivity index (χ2n) is 9.08. The number of para-hydroxylation sites is 1. The maximum absolute atomic E-state index is 11.6. The van der Waals surface area contributed by atoms with Crippen LogP contribution in [0.4, 0.5) is 11.4 Å². The van der Waals surface area contributed by atoms with E-state index in [1.54, 1.807) is 0 Å². The number of fused-ring (bicyclic) bond motifs is 1. The minimum absolute atomic E-state index is 0.317. The van der Waals surface area contributed by atoms with Crippen LogP contribution in [0.15, 0.2) is 48.5 Å². The first-order valence-corrected chi connectivity index (χ1v) is 11.8. The molecule has 0 saturated heterocycles. The quantitative estimate of drug-likeness (QED) is 0.302. The highest BCUT2D eigenvalue weighted by molar-refractivity contribution is 6.32. The summed E-state index contributed by atoms with van der Waals surface area (Å²) in [5.74, 6) is 1.80. The highest BCUT2D eigenvalue weighted by Gasteiger charge is 2.36. The van der Waals surface area contributed by atoms with Crippen LogP contribution in [-0.2, 0) is 11.2 Å². The molecular formula is C28H30ClNO4. The Balaban J connectivity index is 1.48. The molecule has 1 N–H and O–H groups in total. The van der Waals surface area contributed by atoms with Crippen LogP contribution in [0.25, 0.3) is 0 Å². The van der Waals surface area contributed by atoms with E-state index in [1.807, 2.05) is 69.3 Å². The first-order valence-electron chi connectivity index (χ1n) is 11.4. The number of esters is 1. The van der Waals surface area contributed by atoms with Crippen molar-refractivity contribution in [3.63, 3.8) is 0 Å². The molecule has 0 aliphatic carbocycles. The molecule has 0 saturated carbocycles. The van der Waals surface area contributed by atoms with E-state index < -0.39 is 5.60 Å². The number of benzene rings is 3. The fourth-order valence-corrected chi connectivity index (χ4v) is 4.53. The van der Waals surface area contributed by atoms with Crippen molar-refractivity contribution in [2.75, 3.05) is 11.9 Å². The predicted octanol–water partition coefficient (Wildman–Crippen LogP) is 7.10. The number of carbonyl (C=O) groups excluding carboxylic acids is 1. The van der Waals surface area contributed by atoms with Gasteiger partial charge in [-0.05, 0) is 87.6 Å². The third kappa shape index (κ3) is 5.00. The number of ether oxygens (including phenoxy) is 3. The van der Waals surface area contributed by atoms with Gasteiger partial charge in [-0.15, -0.1) is 0 Å². The van der Waals surface area contributed by atoms with Gasteiger partial charge in [0, 0.05) is 23.9 Å². The van der Waals surface area contributed by atoms with Crippen molar-refractivity contribution in [2.45, 2.75) is 53.1 Å². The Labute approximate surface area is 206 Å². The van der Waals surface area contributed by atoms with Gasteiger partial charge in [0.25, 0.3) is 0 Å². The van der Waals surface area contributed by atoms with Crippen LogP contribution >= 0.6 is 11.6 Å².